The molecule has 0 aliphatic rings. The Balaban J connectivity index is 1.52. The minimum absolute atomic E-state index is 0.0985. The number of sulfonamides is 1. The normalized spacial score (nSPS) is 11.9. The van der Waals surface area contributed by atoms with Crippen molar-refractivity contribution < 1.29 is 22.7 Å². The number of ether oxygens (including phenoxy) is 1. The van der Waals surface area contributed by atoms with Gasteiger partial charge >= 0.3 is 0 Å². The van der Waals surface area contributed by atoms with Gasteiger partial charge in [0.15, 0.2) is 6.61 Å². The Labute approximate surface area is 193 Å². The van der Waals surface area contributed by atoms with E-state index in [0.717, 1.165) is 5.56 Å². The van der Waals surface area contributed by atoms with E-state index in [-0.39, 0.29) is 29.4 Å². The lowest BCUT2D eigenvalue weighted by molar-refractivity contribution is -0.118. The van der Waals surface area contributed by atoms with Crippen LogP contribution in [0.25, 0.3) is 0 Å². The van der Waals surface area contributed by atoms with Gasteiger partial charge in [-0.25, -0.2) is 13.1 Å². The van der Waals surface area contributed by atoms with Crippen LogP contribution >= 0.6 is 0 Å². The highest BCUT2D eigenvalue weighted by Gasteiger charge is 2.18. The van der Waals surface area contributed by atoms with Crippen LogP contribution in [0.5, 0.6) is 5.75 Å². The maximum absolute atomic E-state index is 12.6. The van der Waals surface area contributed by atoms with Gasteiger partial charge in [0, 0.05) is 24.3 Å². The number of carbonyl (C=O) groups excluding carboxylic acids is 2. The van der Waals surface area contributed by atoms with E-state index in [4.69, 9.17) is 4.74 Å². The summed E-state index contributed by atoms with van der Waals surface area (Å²) < 4.78 is 33.4. The summed E-state index contributed by atoms with van der Waals surface area (Å²) in [5.41, 5.74) is 2.04. The van der Waals surface area contributed by atoms with Crippen molar-refractivity contribution in [3.63, 3.8) is 0 Å². The molecule has 0 aliphatic carbocycles. The highest BCUT2D eigenvalue weighted by atomic mass is 32.2. The number of anilines is 2. The quantitative estimate of drug-likeness (QED) is 0.444. The Bertz CT molecular complexity index is 1200. The SMILES string of the molecule is CC(=O)Nc1ccc(NC(=O)COc2ccc(S(=O)(=O)N[C@H](C)c3ccccc3)cc2)cc1. The van der Waals surface area contributed by atoms with E-state index in [1.165, 1.54) is 31.2 Å². The van der Waals surface area contributed by atoms with Gasteiger partial charge in [-0.1, -0.05) is 30.3 Å². The van der Waals surface area contributed by atoms with Gasteiger partial charge in [-0.15, -0.1) is 0 Å². The molecule has 33 heavy (non-hydrogen) atoms. The van der Waals surface area contributed by atoms with E-state index in [2.05, 4.69) is 15.4 Å². The van der Waals surface area contributed by atoms with Crippen molar-refractivity contribution >= 4 is 33.2 Å². The molecule has 2 amide bonds. The van der Waals surface area contributed by atoms with Crippen molar-refractivity contribution in [1.82, 2.24) is 4.72 Å². The maximum Gasteiger partial charge on any atom is 0.262 e. The fourth-order valence-electron chi connectivity index (χ4n) is 3.01. The Morgan fingerprint density at radius 2 is 1.42 bits per heavy atom. The monoisotopic (exact) mass is 467 g/mol. The molecule has 3 aromatic rings. The largest absolute Gasteiger partial charge is 0.484 e. The molecule has 0 unspecified atom stereocenters. The Morgan fingerprint density at radius 3 is 2.00 bits per heavy atom. The van der Waals surface area contributed by atoms with Crippen molar-refractivity contribution in [3.05, 3.63) is 84.4 Å². The lowest BCUT2D eigenvalue weighted by Crippen LogP contribution is -2.26. The van der Waals surface area contributed by atoms with Crippen LogP contribution < -0.4 is 20.1 Å². The first-order chi connectivity index (χ1) is 15.7. The van der Waals surface area contributed by atoms with Crippen molar-refractivity contribution in [2.45, 2.75) is 24.8 Å². The highest BCUT2D eigenvalue weighted by Crippen LogP contribution is 2.20. The molecule has 1 atom stereocenters. The third-order valence-electron chi connectivity index (χ3n) is 4.62. The second-order valence-electron chi connectivity index (χ2n) is 7.32. The molecule has 3 aromatic carbocycles. The number of rotatable bonds is 9. The Kier molecular flexibility index (Phi) is 7.81. The zero-order chi connectivity index (χ0) is 23.8. The number of benzene rings is 3. The summed E-state index contributed by atoms with van der Waals surface area (Å²) in [5, 5.41) is 5.32. The number of hydrogen-bond donors (Lipinski definition) is 3. The molecule has 0 radical (unpaired) electrons. The number of carbonyl (C=O) groups is 2. The molecule has 0 bridgehead atoms. The van der Waals surface area contributed by atoms with Gasteiger partial charge in [-0.05, 0) is 61.0 Å². The average molecular weight is 468 g/mol. The standard InChI is InChI=1S/C24H25N3O5S/c1-17(19-6-4-3-5-7-19)27-33(30,31)23-14-12-22(13-15-23)32-16-24(29)26-21-10-8-20(9-11-21)25-18(2)28/h3-15,17,27H,16H2,1-2H3,(H,25,28)(H,26,29)/t17-/m1/s1. The lowest BCUT2D eigenvalue weighted by atomic mass is 10.1. The van der Waals surface area contributed by atoms with Crippen LogP contribution in [0.4, 0.5) is 11.4 Å². The first kappa shape index (κ1) is 24.0. The van der Waals surface area contributed by atoms with Gasteiger partial charge in [-0.3, -0.25) is 9.59 Å². The predicted octanol–water partition coefficient (Wildman–Crippen LogP) is 3.70. The number of nitrogens with one attached hydrogen (secondary N) is 3. The van der Waals surface area contributed by atoms with E-state index in [1.54, 1.807) is 31.2 Å². The minimum Gasteiger partial charge on any atom is -0.484 e. The fraction of sp³-hybridized carbons (Fsp3) is 0.167. The highest BCUT2D eigenvalue weighted by molar-refractivity contribution is 7.89. The minimum atomic E-state index is -3.72. The molecule has 0 fully saturated rings. The fourth-order valence-corrected chi connectivity index (χ4v) is 4.24. The third kappa shape index (κ3) is 7.16. The van der Waals surface area contributed by atoms with Crippen LogP contribution in [0.2, 0.25) is 0 Å². The van der Waals surface area contributed by atoms with E-state index < -0.39 is 10.0 Å². The molecule has 8 nitrogen and oxygen atoms in total. The van der Waals surface area contributed by atoms with Crippen LogP contribution in [-0.4, -0.2) is 26.8 Å². The molecule has 172 valence electrons. The summed E-state index contributed by atoms with van der Waals surface area (Å²) in [5.74, 6) is -0.195. The molecule has 0 spiro atoms. The summed E-state index contributed by atoms with van der Waals surface area (Å²) in [6.07, 6.45) is 0. The molecule has 0 aromatic heterocycles. The Hall–Kier alpha value is -3.69. The van der Waals surface area contributed by atoms with Gasteiger partial charge in [0.05, 0.1) is 4.90 Å². The summed E-state index contributed by atoms with van der Waals surface area (Å²) in [6, 6.07) is 21.4. The third-order valence-corrected chi connectivity index (χ3v) is 6.18. The zero-order valence-corrected chi connectivity index (χ0v) is 19.1. The molecule has 0 aliphatic heterocycles. The first-order valence-corrected chi connectivity index (χ1v) is 11.7. The Morgan fingerprint density at radius 1 is 0.848 bits per heavy atom. The van der Waals surface area contributed by atoms with E-state index in [1.807, 2.05) is 30.3 Å². The molecule has 0 saturated heterocycles. The average Bonchev–Trinajstić information content (AvgIpc) is 2.79. The molecular weight excluding hydrogens is 442 g/mol. The van der Waals surface area contributed by atoms with Crippen molar-refractivity contribution in [2.24, 2.45) is 0 Å². The van der Waals surface area contributed by atoms with Crippen LogP contribution in [0.15, 0.2) is 83.8 Å². The zero-order valence-electron chi connectivity index (χ0n) is 18.2. The van der Waals surface area contributed by atoms with E-state index >= 15 is 0 Å². The first-order valence-electron chi connectivity index (χ1n) is 10.2. The molecule has 0 heterocycles. The van der Waals surface area contributed by atoms with E-state index in [0.29, 0.717) is 17.1 Å². The van der Waals surface area contributed by atoms with Crippen LogP contribution in [0.1, 0.15) is 25.5 Å². The number of amides is 2. The van der Waals surface area contributed by atoms with Gasteiger partial charge in [0.1, 0.15) is 5.75 Å². The molecule has 3 N–H and O–H groups in total. The molecule has 9 heteroatoms. The molecule has 0 saturated carbocycles. The molecular formula is C24H25N3O5S. The predicted molar refractivity (Wildman–Crippen MR) is 126 cm³/mol. The van der Waals surface area contributed by atoms with Crippen molar-refractivity contribution in [3.8, 4) is 5.75 Å². The maximum atomic E-state index is 12.6. The van der Waals surface area contributed by atoms with Crippen molar-refractivity contribution in [1.29, 1.82) is 0 Å². The summed E-state index contributed by atoms with van der Waals surface area (Å²) >= 11 is 0. The summed E-state index contributed by atoms with van der Waals surface area (Å²) in [7, 11) is -3.72. The van der Waals surface area contributed by atoms with Crippen LogP contribution in [0.3, 0.4) is 0 Å². The molecule has 3 rings (SSSR count). The second kappa shape index (κ2) is 10.8. The van der Waals surface area contributed by atoms with Gasteiger partial charge in [0.25, 0.3) is 5.91 Å². The topological polar surface area (TPSA) is 114 Å². The van der Waals surface area contributed by atoms with Gasteiger partial charge in [0.2, 0.25) is 15.9 Å². The van der Waals surface area contributed by atoms with Gasteiger partial charge < -0.3 is 15.4 Å². The summed E-state index contributed by atoms with van der Waals surface area (Å²) in [6.45, 7) is 2.94. The van der Waals surface area contributed by atoms with Gasteiger partial charge in [-0.2, -0.15) is 0 Å². The van der Waals surface area contributed by atoms with Crippen LogP contribution in [-0.2, 0) is 19.6 Å². The van der Waals surface area contributed by atoms with Crippen molar-refractivity contribution in [2.75, 3.05) is 17.2 Å². The number of hydrogen-bond acceptors (Lipinski definition) is 5. The smallest absolute Gasteiger partial charge is 0.262 e. The van der Waals surface area contributed by atoms with E-state index in [9.17, 15) is 18.0 Å². The van der Waals surface area contributed by atoms with Crippen LogP contribution in [0, 0.1) is 0 Å². The second-order valence-corrected chi connectivity index (χ2v) is 9.03. The lowest BCUT2D eigenvalue weighted by Gasteiger charge is -2.15. The summed E-state index contributed by atoms with van der Waals surface area (Å²) in [4.78, 5) is 23.3.